The van der Waals surface area contributed by atoms with Gasteiger partial charge in [-0.15, -0.1) is 0 Å². The molecule has 0 aromatic heterocycles. The highest BCUT2D eigenvalue weighted by molar-refractivity contribution is 7.86. The first-order chi connectivity index (χ1) is 13.0. The molecule has 6 heteroatoms. The molecular formula is C22H32O5S. The molecule has 0 N–H and O–H groups in total. The van der Waals surface area contributed by atoms with Gasteiger partial charge in [0.05, 0.1) is 13.2 Å². The van der Waals surface area contributed by atoms with Crippen molar-refractivity contribution in [1.82, 2.24) is 0 Å². The van der Waals surface area contributed by atoms with Crippen LogP contribution in [0.15, 0.2) is 29.2 Å². The molecule has 3 rings (SSSR count). The first-order valence-corrected chi connectivity index (χ1v) is 11.5. The Morgan fingerprint density at radius 3 is 1.96 bits per heavy atom. The molecule has 0 saturated carbocycles. The molecule has 156 valence electrons. The Labute approximate surface area is 169 Å². The lowest BCUT2D eigenvalue weighted by atomic mass is 9.89. The van der Waals surface area contributed by atoms with Gasteiger partial charge in [-0.1, -0.05) is 59.8 Å². The topological polar surface area (TPSA) is 61.8 Å². The predicted molar refractivity (Wildman–Crippen MR) is 109 cm³/mol. The van der Waals surface area contributed by atoms with Gasteiger partial charge in [0.1, 0.15) is 11.0 Å². The van der Waals surface area contributed by atoms with Gasteiger partial charge >= 0.3 is 0 Å². The third-order valence-electron chi connectivity index (χ3n) is 5.41. The van der Waals surface area contributed by atoms with E-state index in [0.717, 1.165) is 16.7 Å². The highest BCUT2D eigenvalue weighted by Crippen LogP contribution is 2.39. The minimum absolute atomic E-state index is 0.0662. The van der Waals surface area contributed by atoms with Gasteiger partial charge in [-0.3, -0.25) is 4.18 Å². The second kappa shape index (κ2) is 7.90. The van der Waals surface area contributed by atoms with Crippen LogP contribution in [0, 0.1) is 0 Å². The molecule has 1 aliphatic heterocycles. The zero-order valence-electron chi connectivity index (χ0n) is 17.7. The normalized spacial score (nSPS) is 21.7. The summed E-state index contributed by atoms with van der Waals surface area (Å²) in [5.74, 6) is -0.376. The van der Waals surface area contributed by atoms with Crippen molar-refractivity contribution >= 4 is 10.1 Å². The van der Waals surface area contributed by atoms with Crippen molar-refractivity contribution in [3.05, 3.63) is 41.0 Å². The van der Waals surface area contributed by atoms with Crippen LogP contribution in [0.25, 0.3) is 0 Å². The summed E-state index contributed by atoms with van der Waals surface area (Å²) in [6.07, 6.45) is 3.27. The first kappa shape index (κ1) is 21.5. The molecule has 1 unspecified atom stereocenters. The third-order valence-corrected chi connectivity index (χ3v) is 6.88. The number of hydrogen-bond donors (Lipinski definition) is 0. The van der Waals surface area contributed by atoms with Gasteiger partial charge in [0.15, 0.2) is 5.79 Å². The fourth-order valence-corrected chi connectivity index (χ4v) is 5.53. The summed E-state index contributed by atoms with van der Waals surface area (Å²) in [6, 6.07) is 4.04. The maximum atomic E-state index is 13.4. The van der Waals surface area contributed by atoms with E-state index in [1.807, 2.05) is 39.8 Å². The summed E-state index contributed by atoms with van der Waals surface area (Å²) in [7, 11) is -3.95. The monoisotopic (exact) mass is 408 g/mol. The van der Waals surface area contributed by atoms with Gasteiger partial charge in [0.2, 0.25) is 0 Å². The highest BCUT2D eigenvalue weighted by Gasteiger charge is 2.42. The summed E-state index contributed by atoms with van der Waals surface area (Å²) in [5.41, 5.74) is 2.79. The van der Waals surface area contributed by atoms with Crippen molar-refractivity contribution in [3.8, 4) is 0 Å². The lowest BCUT2D eigenvalue weighted by Crippen LogP contribution is -2.29. The van der Waals surface area contributed by atoms with E-state index in [9.17, 15) is 8.42 Å². The Bertz CT molecular complexity index is 817. The van der Waals surface area contributed by atoms with Gasteiger partial charge in [0.25, 0.3) is 10.1 Å². The molecule has 1 spiro atoms. The van der Waals surface area contributed by atoms with Crippen LogP contribution in [0.1, 0.15) is 82.4 Å². The Morgan fingerprint density at radius 1 is 0.964 bits per heavy atom. The first-order valence-electron chi connectivity index (χ1n) is 10.1. The zero-order valence-corrected chi connectivity index (χ0v) is 18.5. The molecule has 1 atom stereocenters. The number of rotatable bonds is 6. The van der Waals surface area contributed by atoms with Gasteiger partial charge in [0, 0.05) is 6.42 Å². The lowest BCUT2D eigenvalue weighted by Gasteiger charge is -2.24. The average Bonchev–Trinajstić information content (AvgIpc) is 3.22. The standard InChI is InChI=1S/C22H32O5S/c1-14(2)17-11-19(15(3)4)21(20(12-17)16(5)6)28(23,24)27-18-7-8-22(13-18)25-9-10-26-22/h7-8,11-12,14-16,18H,9-10,13H2,1-6H3. The van der Waals surface area contributed by atoms with Crippen LogP contribution in [0.4, 0.5) is 0 Å². The van der Waals surface area contributed by atoms with E-state index in [1.54, 1.807) is 12.2 Å². The summed E-state index contributed by atoms with van der Waals surface area (Å²) in [4.78, 5) is 0.324. The van der Waals surface area contributed by atoms with Crippen LogP contribution >= 0.6 is 0 Å². The molecule has 0 bridgehead atoms. The van der Waals surface area contributed by atoms with Crippen LogP contribution in [0.3, 0.4) is 0 Å². The largest absolute Gasteiger partial charge is 0.344 e. The van der Waals surface area contributed by atoms with Crippen LogP contribution in [0.2, 0.25) is 0 Å². The summed E-state index contributed by atoms with van der Waals surface area (Å²) >= 11 is 0. The van der Waals surface area contributed by atoms with E-state index in [2.05, 4.69) is 13.8 Å². The SMILES string of the molecule is CC(C)c1cc(C(C)C)c(S(=O)(=O)OC2C=CC3(C2)OCCO3)c(C(C)C)c1. The predicted octanol–water partition coefficient (Wildman–Crippen LogP) is 4.83. The van der Waals surface area contributed by atoms with Gasteiger partial charge in [-0.05, 0) is 40.5 Å². The molecule has 0 radical (unpaired) electrons. The fourth-order valence-electron chi connectivity index (χ4n) is 3.81. The molecule has 1 fully saturated rings. The molecule has 1 heterocycles. The Balaban J connectivity index is 1.99. The van der Waals surface area contributed by atoms with E-state index < -0.39 is 22.0 Å². The second-order valence-electron chi connectivity index (χ2n) is 8.65. The van der Waals surface area contributed by atoms with Crippen LogP contribution in [-0.4, -0.2) is 33.5 Å². The Hall–Kier alpha value is -1.21. The summed E-state index contributed by atoms with van der Waals surface area (Å²) in [6.45, 7) is 13.4. The zero-order chi connectivity index (χ0) is 20.7. The molecule has 2 aliphatic rings. The number of ether oxygens (including phenoxy) is 2. The molecule has 1 saturated heterocycles. The fraction of sp³-hybridized carbons (Fsp3) is 0.636. The molecule has 1 aromatic carbocycles. The van der Waals surface area contributed by atoms with Crippen molar-refractivity contribution in [3.63, 3.8) is 0 Å². The maximum absolute atomic E-state index is 13.4. The summed E-state index contributed by atoms with van der Waals surface area (Å²) < 4.78 is 43.7. The van der Waals surface area contributed by atoms with Gasteiger partial charge in [-0.2, -0.15) is 8.42 Å². The number of benzene rings is 1. The lowest BCUT2D eigenvalue weighted by molar-refractivity contribution is -0.123. The smallest absolute Gasteiger partial charge is 0.298 e. The Kier molecular flexibility index (Phi) is 6.07. The quantitative estimate of drug-likeness (QED) is 0.498. The van der Waals surface area contributed by atoms with Crippen molar-refractivity contribution in [2.45, 2.75) is 82.5 Å². The van der Waals surface area contributed by atoms with E-state index in [0.29, 0.717) is 30.4 Å². The van der Waals surface area contributed by atoms with E-state index in [-0.39, 0.29) is 11.8 Å². The average molecular weight is 409 g/mol. The second-order valence-corrected chi connectivity index (χ2v) is 10.2. The van der Waals surface area contributed by atoms with Gasteiger partial charge < -0.3 is 9.47 Å². The van der Waals surface area contributed by atoms with Crippen LogP contribution in [0.5, 0.6) is 0 Å². The van der Waals surface area contributed by atoms with Crippen molar-refractivity contribution < 1.29 is 22.1 Å². The molecular weight excluding hydrogens is 376 g/mol. The molecule has 1 aromatic rings. The maximum Gasteiger partial charge on any atom is 0.298 e. The molecule has 0 amide bonds. The van der Waals surface area contributed by atoms with Crippen molar-refractivity contribution in [2.75, 3.05) is 13.2 Å². The van der Waals surface area contributed by atoms with E-state index in [4.69, 9.17) is 13.7 Å². The Morgan fingerprint density at radius 2 is 1.50 bits per heavy atom. The number of hydrogen-bond acceptors (Lipinski definition) is 5. The highest BCUT2D eigenvalue weighted by atomic mass is 32.2. The van der Waals surface area contributed by atoms with Gasteiger partial charge in [-0.25, -0.2) is 0 Å². The van der Waals surface area contributed by atoms with Crippen LogP contribution in [-0.2, 0) is 23.8 Å². The van der Waals surface area contributed by atoms with Crippen molar-refractivity contribution in [1.29, 1.82) is 0 Å². The van der Waals surface area contributed by atoms with Crippen LogP contribution < -0.4 is 0 Å². The minimum atomic E-state index is -3.95. The van der Waals surface area contributed by atoms with E-state index >= 15 is 0 Å². The summed E-state index contributed by atoms with van der Waals surface area (Å²) in [5, 5.41) is 0. The molecule has 5 nitrogen and oxygen atoms in total. The molecule has 28 heavy (non-hydrogen) atoms. The third kappa shape index (κ3) is 4.20. The van der Waals surface area contributed by atoms with E-state index in [1.165, 1.54) is 0 Å². The minimum Gasteiger partial charge on any atom is -0.344 e. The molecule has 1 aliphatic carbocycles. The van der Waals surface area contributed by atoms with Crippen molar-refractivity contribution in [2.24, 2.45) is 0 Å².